The van der Waals surface area contributed by atoms with E-state index >= 15 is 0 Å². The molecule has 5 aliphatic rings. The van der Waals surface area contributed by atoms with Crippen LogP contribution in [0.25, 0.3) is 0 Å². The zero-order valence-corrected chi connectivity index (χ0v) is 29.1. The molecular weight excluding hydrogens is 649 g/mol. The lowest BCUT2D eigenvalue weighted by atomic mass is 9.70. The maximum Gasteiger partial charge on any atom is 0.316 e. The van der Waals surface area contributed by atoms with Crippen molar-refractivity contribution in [2.24, 2.45) is 17.8 Å². The smallest absolute Gasteiger partial charge is 0.316 e. The monoisotopic (exact) mass is 697 g/mol. The van der Waals surface area contributed by atoms with Gasteiger partial charge in [-0.25, -0.2) is 0 Å². The van der Waals surface area contributed by atoms with Crippen LogP contribution >= 0.6 is 0 Å². The number of benzene rings is 1. The van der Waals surface area contributed by atoms with Crippen molar-refractivity contribution in [2.45, 2.75) is 115 Å². The molecule has 0 aromatic heterocycles. The molecular formula is C38H48FNO10. The van der Waals surface area contributed by atoms with Crippen LogP contribution < -0.4 is 4.74 Å². The first-order chi connectivity index (χ1) is 23.8. The molecule has 4 heterocycles. The fourth-order valence-electron chi connectivity index (χ4n) is 8.26. The number of ether oxygens (including phenoxy) is 5. The second-order valence-electron chi connectivity index (χ2n) is 14.6. The Labute approximate surface area is 291 Å². The van der Waals surface area contributed by atoms with Crippen molar-refractivity contribution in [3.05, 3.63) is 81.2 Å². The van der Waals surface area contributed by atoms with Gasteiger partial charge in [0.25, 0.3) is 0 Å². The summed E-state index contributed by atoms with van der Waals surface area (Å²) in [5.74, 6) is -3.34. The third-order valence-electron chi connectivity index (χ3n) is 11.0. The average Bonchev–Trinajstić information content (AvgIpc) is 3.39. The van der Waals surface area contributed by atoms with Crippen LogP contribution in [0.3, 0.4) is 0 Å². The summed E-state index contributed by atoms with van der Waals surface area (Å²) in [5, 5.41) is 34.9. The molecule has 1 aliphatic carbocycles. The highest BCUT2D eigenvalue weighted by Gasteiger charge is 2.60. The Morgan fingerprint density at radius 3 is 2.72 bits per heavy atom. The number of hydrogen-bond donors (Lipinski definition) is 2. The predicted molar refractivity (Wildman–Crippen MR) is 180 cm³/mol. The molecule has 2 bridgehead atoms. The molecule has 1 aromatic rings. The van der Waals surface area contributed by atoms with Crippen LogP contribution in [0.15, 0.2) is 65.3 Å². The van der Waals surface area contributed by atoms with Crippen molar-refractivity contribution in [3.63, 3.8) is 0 Å². The number of halogens is 1. The van der Waals surface area contributed by atoms with Crippen molar-refractivity contribution in [1.29, 1.82) is 0 Å². The molecule has 1 spiro atoms. The quantitative estimate of drug-likeness (QED) is 0.162. The van der Waals surface area contributed by atoms with Gasteiger partial charge >= 0.3 is 11.7 Å². The molecule has 0 amide bonds. The zero-order chi connectivity index (χ0) is 35.8. The SMILES string of the molecule is CC[C@H]1CCC2(CC3CC(C/C=C(\C)C[C@@H](C)/C=C/C=C4\COC5[C@H](O)C(COc6ccc([N+](=O)[O-])c(F)c6)=CC(C(=O)O3)[C@]45O)O2)O[C@@H]1C. The number of nitro benzene ring substituents is 1. The number of rotatable bonds is 5. The number of aliphatic hydroxyl groups excluding tert-OH is 1. The number of carbonyl (C=O) groups excluding carboxylic acids is 1. The maximum absolute atomic E-state index is 14.3. The molecule has 12 heteroatoms. The normalized spacial score (nSPS) is 40.4. The second kappa shape index (κ2) is 14.7. The van der Waals surface area contributed by atoms with E-state index in [0.29, 0.717) is 37.2 Å². The number of nitro groups is 1. The highest BCUT2D eigenvalue weighted by molar-refractivity contribution is 5.78. The van der Waals surface area contributed by atoms with Crippen LogP contribution in [0.1, 0.15) is 72.6 Å². The van der Waals surface area contributed by atoms with Crippen molar-refractivity contribution in [3.8, 4) is 5.75 Å². The minimum absolute atomic E-state index is 0.00959. The predicted octanol–water partition coefficient (Wildman–Crippen LogP) is 6.03. The van der Waals surface area contributed by atoms with Gasteiger partial charge in [0, 0.05) is 31.4 Å². The van der Waals surface area contributed by atoms with E-state index in [-0.39, 0.29) is 42.7 Å². The van der Waals surface area contributed by atoms with Gasteiger partial charge in [-0.15, -0.1) is 0 Å². The first-order valence-corrected chi connectivity index (χ1v) is 17.7. The Hall–Kier alpha value is -3.42. The first kappa shape index (κ1) is 36.4. The van der Waals surface area contributed by atoms with Gasteiger partial charge in [0.15, 0.2) is 5.79 Å². The van der Waals surface area contributed by atoms with Gasteiger partial charge in [-0.2, -0.15) is 4.39 Å². The van der Waals surface area contributed by atoms with Crippen molar-refractivity contribution in [1.82, 2.24) is 0 Å². The topological polar surface area (TPSA) is 147 Å². The van der Waals surface area contributed by atoms with Gasteiger partial charge in [-0.05, 0) is 62.2 Å². The van der Waals surface area contributed by atoms with E-state index < -0.39 is 58.0 Å². The summed E-state index contributed by atoms with van der Waals surface area (Å²) < 4.78 is 45.6. The van der Waals surface area contributed by atoms with Crippen LogP contribution in [-0.2, 0) is 23.7 Å². The highest BCUT2D eigenvalue weighted by atomic mass is 19.1. The Bertz CT molecular complexity index is 1590. The molecule has 0 radical (unpaired) electrons. The molecule has 10 atom stereocenters. The number of aliphatic hydroxyl groups is 2. The van der Waals surface area contributed by atoms with Gasteiger partial charge in [-0.3, -0.25) is 14.9 Å². The van der Waals surface area contributed by atoms with Crippen molar-refractivity contribution >= 4 is 11.7 Å². The summed E-state index contributed by atoms with van der Waals surface area (Å²) in [4.78, 5) is 24.5. The Kier molecular flexibility index (Phi) is 10.7. The molecule has 6 rings (SSSR count). The molecule has 4 aliphatic heterocycles. The summed E-state index contributed by atoms with van der Waals surface area (Å²) in [7, 11) is 0. The number of fused-ring (bicyclic) bond motifs is 2. The molecule has 50 heavy (non-hydrogen) atoms. The minimum atomic E-state index is -1.92. The first-order valence-electron chi connectivity index (χ1n) is 17.7. The summed E-state index contributed by atoms with van der Waals surface area (Å²) in [5.41, 5.74) is -0.755. The minimum Gasteiger partial charge on any atom is -0.489 e. The van der Waals surface area contributed by atoms with E-state index in [1.54, 1.807) is 6.08 Å². The summed E-state index contributed by atoms with van der Waals surface area (Å²) in [6.07, 6.45) is 10.7. The molecule has 0 saturated carbocycles. The van der Waals surface area contributed by atoms with E-state index in [2.05, 4.69) is 33.8 Å². The lowest BCUT2D eigenvalue weighted by Crippen LogP contribution is -2.59. The van der Waals surface area contributed by atoms with E-state index in [1.807, 2.05) is 12.2 Å². The van der Waals surface area contributed by atoms with Crippen LogP contribution in [0.4, 0.5) is 10.1 Å². The Morgan fingerprint density at radius 2 is 2.00 bits per heavy atom. The van der Waals surface area contributed by atoms with Crippen molar-refractivity contribution < 1.29 is 48.0 Å². The lowest BCUT2D eigenvalue weighted by Gasteiger charge is -2.49. The fourth-order valence-corrected chi connectivity index (χ4v) is 8.26. The van der Waals surface area contributed by atoms with Crippen LogP contribution in [0.5, 0.6) is 5.75 Å². The Morgan fingerprint density at radius 1 is 1.20 bits per heavy atom. The van der Waals surface area contributed by atoms with Gasteiger partial charge in [0.2, 0.25) is 5.82 Å². The van der Waals surface area contributed by atoms with Gasteiger partial charge < -0.3 is 33.9 Å². The van der Waals surface area contributed by atoms with E-state index in [0.717, 1.165) is 31.4 Å². The summed E-state index contributed by atoms with van der Waals surface area (Å²) in [6, 6.07) is 3.12. The van der Waals surface area contributed by atoms with Crippen LogP contribution in [0, 0.1) is 33.7 Å². The van der Waals surface area contributed by atoms with Gasteiger partial charge in [0.05, 0.1) is 23.7 Å². The summed E-state index contributed by atoms with van der Waals surface area (Å²) in [6.45, 7) is 8.11. The Balaban J connectivity index is 1.33. The third kappa shape index (κ3) is 7.32. The number of allylic oxidation sites excluding steroid dienone is 4. The number of esters is 1. The standard InChI is InChI=1S/C38H48FNO10/c1-5-25-13-14-37(49-24(25)4)19-30-17-29(50-37)10-9-23(3)15-22(2)7-6-8-27-21-47-35-34(41)26(16-31(36(42)48-30)38(27,35)43)20-46-28-11-12-33(40(44)45)32(39)18-28/h6-9,11-12,16,18,22,24-25,29-31,34-35,41,43H,5,10,13-15,17,19-21H2,1-4H3/b7-6+,23-9+,27-8+/t22-,24+,25-,29?,30?,31?,34+,35?,37?,38+/m0/s1. The van der Waals surface area contributed by atoms with E-state index in [4.69, 9.17) is 23.7 Å². The van der Waals surface area contributed by atoms with Crippen LogP contribution in [0.2, 0.25) is 0 Å². The summed E-state index contributed by atoms with van der Waals surface area (Å²) >= 11 is 0. The molecule has 5 unspecified atom stereocenters. The fraction of sp³-hybridized carbons (Fsp3) is 0.605. The number of nitrogens with zero attached hydrogens (tertiary/aromatic N) is 1. The molecule has 2 N–H and O–H groups in total. The zero-order valence-electron chi connectivity index (χ0n) is 29.1. The number of hydrogen-bond acceptors (Lipinski definition) is 10. The van der Waals surface area contributed by atoms with Crippen LogP contribution in [-0.4, -0.2) is 76.2 Å². The molecule has 11 nitrogen and oxygen atoms in total. The second-order valence-corrected chi connectivity index (χ2v) is 14.6. The van der Waals surface area contributed by atoms with E-state index in [9.17, 15) is 29.5 Å². The highest BCUT2D eigenvalue weighted by Crippen LogP contribution is 2.47. The van der Waals surface area contributed by atoms with E-state index in [1.165, 1.54) is 17.7 Å². The molecule has 3 saturated heterocycles. The van der Waals surface area contributed by atoms with Crippen molar-refractivity contribution in [2.75, 3.05) is 13.2 Å². The average molecular weight is 698 g/mol. The molecule has 3 fully saturated rings. The largest absolute Gasteiger partial charge is 0.489 e. The van der Waals surface area contributed by atoms with Gasteiger partial charge in [-0.1, -0.05) is 56.2 Å². The molecule has 1 aromatic carbocycles. The number of carbonyl (C=O) groups is 1. The molecule has 272 valence electrons. The third-order valence-corrected chi connectivity index (χ3v) is 11.0. The maximum atomic E-state index is 14.3. The lowest BCUT2D eigenvalue weighted by molar-refractivity contribution is -0.387. The van der Waals surface area contributed by atoms with Gasteiger partial charge in [0.1, 0.15) is 42.2 Å².